The van der Waals surface area contributed by atoms with Crippen molar-refractivity contribution in [1.82, 2.24) is 14.6 Å². The molecular formula is C14H13N5O4S. The van der Waals surface area contributed by atoms with E-state index in [4.69, 9.17) is 10.5 Å². The van der Waals surface area contributed by atoms with Gasteiger partial charge in [0.15, 0.2) is 0 Å². The molecule has 3 aromatic rings. The largest absolute Gasteiger partial charge is 0.497 e. The minimum Gasteiger partial charge on any atom is -0.497 e. The van der Waals surface area contributed by atoms with E-state index in [0.29, 0.717) is 17.8 Å². The minimum atomic E-state index is -0.869. The fourth-order valence-corrected chi connectivity index (χ4v) is 3.14. The molecule has 0 radical (unpaired) electrons. The molecule has 3 rings (SSSR count). The molecule has 0 unspecified atom stereocenters. The van der Waals surface area contributed by atoms with Gasteiger partial charge < -0.3 is 10.5 Å². The molecule has 0 spiro atoms. The number of ether oxygens (including phenoxy) is 1. The number of methoxy groups -OCH3 is 1. The molecule has 0 amide bonds. The van der Waals surface area contributed by atoms with E-state index in [1.54, 1.807) is 7.11 Å². The average molecular weight is 347 g/mol. The Morgan fingerprint density at radius 1 is 1.42 bits per heavy atom. The highest BCUT2D eigenvalue weighted by Crippen LogP contribution is 2.20. The van der Waals surface area contributed by atoms with Crippen molar-refractivity contribution in [3.63, 3.8) is 0 Å². The Kier molecular flexibility index (Phi) is 4.13. The first-order valence-electron chi connectivity index (χ1n) is 6.95. The lowest BCUT2D eigenvalue weighted by Gasteiger charge is -2.02. The van der Waals surface area contributed by atoms with Crippen molar-refractivity contribution in [3.8, 4) is 5.75 Å². The number of aryl methyl sites for hydroxylation is 2. The first kappa shape index (κ1) is 15.9. The first-order valence-corrected chi connectivity index (χ1v) is 7.77. The summed E-state index contributed by atoms with van der Waals surface area (Å²) in [6.45, 7) is 0. The molecule has 2 heterocycles. The third kappa shape index (κ3) is 2.91. The standard InChI is InChI=1S/C14H13N5O4S/c1-23-9-4-2-3-8(7-9)5-6-10-17-18-13(20)11(19(21)22)12(15)16-14(18)24-10/h2-4,7H,5-6,15H2,1H3. The fourth-order valence-electron chi connectivity index (χ4n) is 2.24. The Morgan fingerprint density at radius 3 is 2.92 bits per heavy atom. The van der Waals surface area contributed by atoms with E-state index < -0.39 is 22.0 Å². The smallest absolute Gasteiger partial charge is 0.377 e. The SMILES string of the molecule is COc1cccc(CCc2nn3c(=O)c([N+](=O)[O-])c(N)nc3s2)c1. The third-order valence-corrected chi connectivity index (χ3v) is 4.37. The van der Waals surface area contributed by atoms with Gasteiger partial charge in [0.1, 0.15) is 10.8 Å². The van der Waals surface area contributed by atoms with Gasteiger partial charge in [-0.1, -0.05) is 23.5 Å². The molecular weight excluding hydrogens is 334 g/mol. The summed E-state index contributed by atoms with van der Waals surface area (Å²) >= 11 is 1.18. The van der Waals surface area contributed by atoms with Crippen molar-refractivity contribution < 1.29 is 9.66 Å². The quantitative estimate of drug-likeness (QED) is 0.546. The molecule has 0 atom stereocenters. The van der Waals surface area contributed by atoms with Crippen LogP contribution in [0.2, 0.25) is 0 Å². The second kappa shape index (κ2) is 6.24. The van der Waals surface area contributed by atoms with Crippen LogP contribution in [0.1, 0.15) is 10.6 Å². The van der Waals surface area contributed by atoms with Crippen LogP contribution >= 0.6 is 11.3 Å². The maximum atomic E-state index is 12.1. The van der Waals surface area contributed by atoms with E-state index in [-0.39, 0.29) is 4.96 Å². The van der Waals surface area contributed by atoms with Crippen LogP contribution in [0.25, 0.3) is 4.96 Å². The number of nitrogen functional groups attached to an aromatic ring is 1. The van der Waals surface area contributed by atoms with Crippen LogP contribution < -0.4 is 16.0 Å². The van der Waals surface area contributed by atoms with Crippen LogP contribution in [0.15, 0.2) is 29.1 Å². The summed E-state index contributed by atoms with van der Waals surface area (Å²) in [5, 5.41) is 15.7. The highest BCUT2D eigenvalue weighted by Gasteiger charge is 2.23. The maximum absolute atomic E-state index is 12.1. The topological polar surface area (TPSA) is 126 Å². The first-order chi connectivity index (χ1) is 11.5. The van der Waals surface area contributed by atoms with E-state index >= 15 is 0 Å². The number of nitrogens with zero attached hydrogens (tertiary/aromatic N) is 4. The van der Waals surface area contributed by atoms with Crippen molar-refractivity contribution in [2.75, 3.05) is 12.8 Å². The van der Waals surface area contributed by atoms with Crippen molar-refractivity contribution in [2.45, 2.75) is 12.8 Å². The molecule has 2 aromatic heterocycles. The summed E-state index contributed by atoms with van der Waals surface area (Å²) in [4.78, 5) is 26.3. The predicted octanol–water partition coefficient (Wildman–Crippen LogP) is 1.44. The third-order valence-electron chi connectivity index (χ3n) is 3.40. The molecule has 0 aliphatic heterocycles. The molecule has 124 valence electrons. The van der Waals surface area contributed by atoms with Gasteiger partial charge in [-0.3, -0.25) is 14.9 Å². The molecule has 0 aliphatic rings. The Labute approximate surface area is 139 Å². The molecule has 0 saturated heterocycles. The van der Waals surface area contributed by atoms with Crippen molar-refractivity contribution in [2.24, 2.45) is 0 Å². The summed E-state index contributed by atoms with van der Waals surface area (Å²) in [6, 6.07) is 7.62. The van der Waals surface area contributed by atoms with E-state index in [2.05, 4.69) is 10.1 Å². The van der Waals surface area contributed by atoms with Gasteiger partial charge in [0.2, 0.25) is 10.8 Å². The summed E-state index contributed by atoms with van der Waals surface area (Å²) in [7, 11) is 1.60. The van der Waals surface area contributed by atoms with Crippen LogP contribution in [0.3, 0.4) is 0 Å². The van der Waals surface area contributed by atoms with E-state index in [1.165, 1.54) is 11.3 Å². The lowest BCUT2D eigenvalue weighted by Crippen LogP contribution is -2.20. The lowest BCUT2D eigenvalue weighted by atomic mass is 10.1. The highest BCUT2D eigenvalue weighted by atomic mass is 32.1. The number of benzene rings is 1. The molecule has 0 saturated carbocycles. The number of nitrogens with two attached hydrogens (primary N) is 1. The Morgan fingerprint density at radius 2 is 2.21 bits per heavy atom. The van der Waals surface area contributed by atoms with Crippen molar-refractivity contribution in [3.05, 3.63) is 55.3 Å². The second-order valence-corrected chi connectivity index (χ2v) is 5.99. The second-order valence-electron chi connectivity index (χ2n) is 4.95. The molecule has 2 N–H and O–H groups in total. The molecule has 0 aliphatic carbocycles. The number of rotatable bonds is 5. The summed E-state index contributed by atoms with van der Waals surface area (Å²) in [5.41, 5.74) is 4.93. The van der Waals surface area contributed by atoms with Crippen LogP contribution in [-0.2, 0) is 12.8 Å². The van der Waals surface area contributed by atoms with Crippen molar-refractivity contribution in [1.29, 1.82) is 0 Å². The van der Waals surface area contributed by atoms with E-state index in [9.17, 15) is 14.9 Å². The molecule has 9 nitrogen and oxygen atoms in total. The van der Waals surface area contributed by atoms with Gasteiger partial charge in [-0.2, -0.15) is 14.6 Å². The number of aromatic nitrogens is 3. The summed E-state index contributed by atoms with van der Waals surface area (Å²) in [6.07, 6.45) is 1.25. The minimum absolute atomic E-state index is 0.240. The molecule has 1 aromatic carbocycles. The van der Waals surface area contributed by atoms with Gasteiger partial charge in [0, 0.05) is 6.42 Å². The number of anilines is 1. The Hall–Kier alpha value is -3.01. The Balaban J connectivity index is 1.90. The number of fused-ring (bicyclic) bond motifs is 1. The number of hydrogen-bond acceptors (Lipinski definition) is 8. The molecule has 0 bridgehead atoms. The zero-order chi connectivity index (χ0) is 17.3. The van der Waals surface area contributed by atoms with Gasteiger partial charge >= 0.3 is 11.2 Å². The summed E-state index contributed by atoms with van der Waals surface area (Å²) < 4.78 is 6.10. The van der Waals surface area contributed by atoms with E-state index in [1.807, 2.05) is 24.3 Å². The Bertz CT molecular complexity index is 981. The van der Waals surface area contributed by atoms with Crippen LogP contribution in [0, 0.1) is 10.1 Å². The average Bonchev–Trinajstić information content (AvgIpc) is 2.96. The number of nitro groups is 1. The van der Waals surface area contributed by atoms with Gasteiger partial charge in [-0.05, 0) is 24.1 Å². The summed E-state index contributed by atoms with van der Waals surface area (Å²) in [5.74, 6) is 0.367. The zero-order valence-electron chi connectivity index (χ0n) is 12.6. The molecule has 0 fully saturated rings. The van der Waals surface area contributed by atoms with Crippen molar-refractivity contribution >= 4 is 27.8 Å². The number of hydrogen-bond donors (Lipinski definition) is 1. The van der Waals surface area contributed by atoms with Gasteiger partial charge in [0.05, 0.1) is 12.0 Å². The molecule has 24 heavy (non-hydrogen) atoms. The van der Waals surface area contributed by atoms with Gasteiger partial charge in [-0.25, -0.2) is 0 Å². The lowest BCUT2D eigenvalue weighted by molar-refractivity contribution is -0.385. The monoisotopic (exact) mass is 347 g/mol. The van der Waals surface area contributed by atoms with Gasteiger partial charge in [-0.15, -0.1) is 0 Å². The fraction of sp³-hybridized carbons (Fsp3) is 0.214. The maximum Gasteiger partial charge on any atom is 0.377 e. The van der Waals surface area contributed by atoms with Crippen LogP contribution in [0.5, 0.6) is 5.75 Å². The normalized spacial score (nSPS) is 10.9. The van der Waals surface area contributed by atoms with E-state index in [0.717, 1.165) is 15.8 Å². The predicted molar refractivity (Wildman–Crippen MR) is 88.6 cm³/mol. The van der Waals surface area contributed by atoms with Crippen LogP contribution in [0.4, 0.5) is 11.5 Å². The van der Waals surface area contributed by atoms with Gasteiger partial charge in [0.25, 0.3) is 0 Å². The van der Waals surface area contributed by atoms with Crippen LogP contribution in [-0.4, -0.2) is 26.6 Å². The molecule has 10 heteroatoms. The zero-order valence-corrected chi connectivity index (χ0v) is 13.4. The highest BCUT2D eigenvalue weighted by molar-refractivity contribution is 7.16.